The van der Waals surface area contributed by atoms with Crippen LogP contribution in [-0.4, -0.2) is 85.7 Å². The van der Waals surface area contributed by atoms with Gasteiger partial charge in [-0.15, -0.1) is 4.91 Å². The van der Waals surface area contributed by atoms with Gasteiger partial charge < -0.3 is 29.4 Å². The molecule has 4 fully saturated rings. The molecule has 1 amide bonds. The first-order chi connectivity index (χ1) is 30.6. The molecule has 5 aliphatic rings. The number of pyridine rings is 2. The minimum Gasteiger partial charge on any atom is -0.474 e. The van der Waals surface area contributed by atoms with Crippen LogP contribution >= 0.6 is 0 Å². The molecule has 63 heavy (non-hydrogen) atoms. The van der Waals surface area contributed by atoms with E-state index in [-0.39, 0.29) is 47.1 Å². The number of amides is 1. The zero-order valence-electron chi connectivity index (χ0n) is 35.7. The van der Waals surface area contributed by atoms with Crippen molar-refractivity contribution in [3.05, 3.63) is 94.7 Å². The van der Waals surface area contributed by atoms with Crippen LogP contribution in [0.4, 0.5) is 17.1 Å². The Balaban J connectivity index is 0.853. The smallest absolute Gasteiger partial charge is 0.282 e. The summed E-state index contributed by atoms with van der Waals surface area (Å²) in [7, 11) is -4.61. The Bertz CT molecular complexity index is 2630. The third-order valence-corrected chi connectivity index (χ3v) is 15.4. The molecule has 1 spiro atoms. The number of rotatable bonds is 11. The van der Waals surface area contributed by atoms with E-state index in [9.17, 15) is 18.1 Å². The van der Waals surface area contributed by atoms with E-state index in [1.807, 2.05) is 12.1 Å². The van der Waals surface area contributed by atoms with Crippen molar-refractivity contribution in [1.82, 2.24) is 24.6 Å². The molecule has 330 valence electrons. The molecule has 1 saturated carbocycles. The van der Waals surface area contributed by atoms with Crippen molar-refractivity contribution >= 4 is 44.0 Å². The number of aromatic nitrogens is 3. The number of aromatic amines is 1. The lowest BCUT2D eigenvalue weighted by Gasteiger charge is -2.56. The number of ether oxygens (including phenoxy) is 3. The fourth-order valence-corrected chi connectivity index (χ4v) is 11.7. The van der Waals surface area contributed by atoms with E-state index in [1.165, 1.54) is 36.8 Å². The van der Waals surface area contributed by atoms with Crippen LogP contribution in [0, 0.1) is 16.2 Å². The summed E-state index contributed by atoms with van der Waals surface area (Å²) in [4.78, 5) is 42.9. The Hall–Kier alpha value is -5.58. The molecule has 1 unspecified atom stereocenters. The van der Waals surface area contributed by atoms with Gasteiger partial charge in [0.05, 0.1) is 17.8 Å². The number of sulfonamides is 1. The van der Waals surface area contributed by atoms with Crippen molar-refractivity contribution < 1.29 is 27.4 Å². The van der Waals surface area contributed by atoms with Gasteiger partial charge in [0.2, 0.25) is 5.88 Å². The molecule has 5 aromatic rings. The molecule has 3 saturated heterocycles. The van der Waals surface area contributed by atoms with Gasteiger partial charge in [0.15, 0.2) is 5.03 Å². The summed E-state index contributed by atoms with van der Waals surface area (Å²) in [5, 5.41) is 6.64. The van der Waals surface area contributed by atoms with Gasteiger partial charge >= 0.3 is 0 Å². The Morgan fingerprint density at radius 2 is 1.83 bits per heavy atom. The highest BCUT2D eigenvalue weighted by Gasteiger charge is 2.50. The number of H-pyrrole nitrogens is 1. The number of piperidine rings is 1. The number of nitrogens with one attached hydrogen (secondary N) is 3. The van der Waals surface area contributed by atoms with Crippen LogP contribution in [0.1, 0.15) is 98.7 Å². The Morgan fingerprint density at radius 3 is 2.62 bits per heavy atom. The highest BCUT2D eigenvalue weighted by Crippen LogP contribution is 2.54. The molecule has 16 heteroatoms. The summed E-state index contributed by atoms with van der Waals surface area (Å²) in [5.74, 6) is 0.291. The van der Waals surface area contributed by atoms with Crippen LogP contribution < -0.4 is 24.4 Å². The first-order valence-electron chi connectivity index (χ1n) is 22.3. The number of fused-ring (bicyclic) bond motifs is 2. The van der Waals surface area contributed by atoms with Crippen molar-refractivity contribution in [3.8, 4) is 17.4 Å². The van der Waals surface area contributed by atoms with E-state index in [0.29, 0.717) is 48.0 Å². The summed E-state index contributed by atoms with van der Waals surface area (Å²) in [6.07, 6.45) is 12.0. The van der Waals surface area contributed by atoms with Crippen LogP contribution in [0.2, 0.25) is 0 Å². The molecular weight excluding hydrogens is 821 g/mol. The molecule has 10 rings (SSSR count). The van der Waals surface area contributed by atoms with Gasteiger partial charge in [-0.1, -0.05) is 38.1 Å². The molecule has 4 aliphatic heterocycles. The molecular formula is C47H54N8O7S. The van der Waals surface area contributed by atoms with E-state index in [2.05, 4.69) is 78.1 Å². The van der Waals surface area contributed by atoms with Crippen molar-refractivity contribution in [3.63, 3.8) is 0 Å². The van der Waals surface area contributed by atoms with E-state index in [1.54, 1.807) is 30.6 Å². The average molecular weight is 875 g/mol. The standard InChI is InChI=1S/C47H54N8O7S/c1-29(2)35-6-3-4-7-36(35)40-8-5-17-55(40)33-25-47(26-33)14-18-54(19-15-47)32-9-10-37(41(23-32)62-34-22-31-11-16-48-44(31)49-27-34)45(56)53-63(58,59)42-24-38(52-57)43-46(51-42)61-28-39(50-43)30-12-20-60-21-13-30/h3-4,6-7,9-11,16,22-24,27,29-30,33,39-40,50H,5,8,12-15,17-21,25-26,28H2,1-2H3,(H,48,49)(H,53,56)/t39-,40?/m1/s1. The molecule has 0 bridgehead atoms. The number of nitroso groups, excluding NO2 is 1. The lowest BCUT2D eigenvalue weighted by molar-refractivity contribution is -0.0227. The fourth-order valence-electron chi connectivity index (χ4n) is 10.7. The number of anilines is 2. The topological polar surface area (TPSA) is 180 Å². The van der Waals surface area contributed by atoms with Crippen molar-refractivity contribution in [1.29, 1.82) is 0 Å². The van der Waals surface area contributed by atoms with E-state index in [4.69, 9.17) is 14.2 Å². The molecule has 15 nitrogen and oxygen atoms in total. The average Bonchev–Trinajstić information content (AvgIpc) is 3.98. The van der Waals surface area contributed by atoms with Gasteiger partial charge in [-0.2, -0.15) is 13.4 Å². The van der Waals surface area contributed by atoms with Crippen LogP contribution in [0.3, 0.4) is 0 Å². The lowest BCUT2D eigenvalue weighted by atomic mass is 9.59. The lowest BCUT2D eigenvalue weighted by Crippen LogP contribution is -2.54. The fraction of sp³-hybridized carbons (Fsp3) is 0.468. The first-order valence-corrected chi connectivity index (χ1v) is 23.8. The maximum Gasteiger partial charge on any atom is 0.282 e. The summed E-state index contributed by atoms with van der Waals surface area (Å²) in [6, 6.07) is 19.9. The molecule has 3 aromatic heterocycles. The number of hydrogen-bond donors (Lipinski definition) is 3. The van der Waals surface area contributed by atoms with Gasteiger partial charge in [-0.05, 0) is 116 Å². The summed E-state index contributed by atoms with van der Waals surface area (Å²) < 4.78 is 47.6. The molecule has 2 atom stereocenters. The molecule has 1 aliphatic carbocycles. The van der Waals surface area contributed by atoms with E-state index < -0.39 is 21.0 Å². The van der Waals surface area contributed by atoms with Crippen molar-refractivity contribution in [2.75, 3.05) is 49.7 Å². The van der Waals surface area contributed by atoms with Gasteiger partial charge in [0, 0.05) is 67.8 Å². The quantitative estimate of drug-likeness (QED) is 0.108. The van der Waals surface area contributed by atoms with Crippen LogP contribution in [-0.2, 0) is 14.8 Å². The third-order valence-electron chi connectivity index (χ3n) is 14.2. The molecule has 7 heterocycles. The zero-order chi connectivity index (χ0) is 43.3. The molecule has 0 radical (unpaired) electrons. The van der Waals surface area contributed by atoms with Gasteiger partial charge in [0.25, 0.3) is 15.9 Å². The monoisotopic (exact) mass is 874 g/mol. The molecule has 3 N–H and O–H groups in total. The highest BCUT2D eigenvalue weighted by atomic mass is 32.2. The maximum absolute atomic E-state index is 14.0. The minimum atomic E-state index is -4.61. The van der Waals surface area contributed by atoms with Gasteiger partial charge in [-0.25, -0.2) is 9.71 Å². The van der Waals surface area contributed by atoms with E-state index >= 15 is 0 Å². The Kier molecular flexibility index (Phi) is 11.1. The summed E-state index contributed by atoms with van der Waals surface area (Å²) in [6.45, 7) is 8.94. The molecule has 2 aromatic carbocycles. The van der Waals surface area contributed by atoms with Crippen LogP contribution in [0.5, 0.6) is 17.4 Å². The number of carbonyl (C=O) groups excluding carboxylic acids is 1. The number of likely N-dealkylation sites (tertiary alicyclic amines) is 1. The first kappa shape index (κ1) is 41.4. The third kappa shape index (κ3) is 8.12. The van der Waals surface area contributed by atoms with Crippen LogP contribution in [0.15, 0.2) is 83.3 Å². The van der Waals surface area contributed by atoms with E-state index in [0.717, 1.165) is 62.5 Å². The summed E-state index contributed by atoms with van der Waals surface area (Å²) in [5.41, 5.74) is 4.88. The van der Waals surface area contributed by atoms with Crippen LogP contribution in [0.25, 0.3) is 11.0 Å². The predicted molar refractivity (Wildman–Crippen MR) is 240 cm³/mol. The number of carbonyl (C=O) groups is 1. The van der Waals surface area contributed by atoms with Crippen molar-refractivity contribution in [2.24, 2.45) is 16.5 Å². The SMILES string of the molecule is CC(C)c1ccccc1C1CCCN1C1CC2(CCN(c3ccc(C(=O)NS(=O)(=O)c4cc(N=O)c5c(n4)OC[C@H](C4CCOCC4)N5)c(Oc4cnc5[nH]ccc5c4)c3)CC2)C1. The largest absolute Gasteiger partial charge is 0.474 e. The highest BCUT2D eigenvalue weighted by molar-refractivity contribution is 7.90. The number of nitrogens with zero attached hydrogens (tertiary/aromatic N) is 5. The number of benzene rings is 2. The van der Waals surface area contributed by atoms with Gasteiger partial charge in [-0.3, -0.25) is 9.69 Å². The second kappa shape index (κ2) is 16.8. The predicted octanol–water partition coefficient (Wildman–Crippen LogP) is 8.58. The van der Waals surface area contributed by atoms with Gasteiger partial charge in [0.1, 0.15) is 35.1 Å². The maximum atomic E-state index is 14.0. The minimum absolute atomic E-state index is 0.00470. The number of hydrogen-bond acceptors (Lipinski definition) is 13. The second-order valence-electron chi connectivity index (χ2n) is 18.3. The Morgan fingerprint density at radius 1 is 1.02 bits per heavy atom. The normalized spacial score (nSPS) is 21.7. The Labute approximate surface area is 367 Å². The summed E-state index contributed by atoms with van der Waals surface area (Å²) >= 11 is 0. The van der Waals surface area contributed by atoms with Crippen molar-refractivity contribution in [2.45, 2.75) is 94.3 Å². The zero-order valence-corrected chi connectivity index (χ0v) is 36.5. The second-order valence-corrected chi connectivity index (χ2v) is 19.9.